The maximum atomic E-state index is 12.3. The summed E-state index contributed by atoms with van der Waals surface area (Å²) in [7, 11) is -1.85. The summed E-state index contributed by atoms with van der Waals surface area (Å²) >= 11 is 0. The molecule has 3 nitrogen and oxygen atoms in total. The van der Waals surface area contributed by atoms with Crippen LogP contribution in [0.25, 0.3) is 0 Å². The van der Waals surface area contributed by atoms with Crippen molar-refractivity contribution in [3.63, 3.8) is 0 Å². The van der Waals surface area contributed by atoms with Gasteiger partial charge in [0.2, 0.25) is 0 Å². The first-order valence-electron chi connectivity index (χ1n) is 6.90. The fourth-order valence-corrected chi connectivity index (χ4v) is 3.54. The summed E-state index contributed by atoms with van der Waals surface area (Å²) in [5.74, 6) is 0.186. The van der Waals surface area contributed by atoms with Gasteiger partial charge in [-0.25, -0.2) is 0 Å². The molecular formula is C14H25NO2Si. The molecule has 0 aromatic rings. The molecule has 18 heavy (non-hydrogen) atoms. The smallest absolute Gasteiger partial charge is 0.254 e. The molecule has 2 heterocycles. The summed E-state index contributed by atoms with van der Waals surface area (Å²) in [4.78, 5) is 14.3. The Kier molecular flexibility index (Phi) is 3.45. The van der Waals surface area contributed by atoms with Crippen LogP contribution in [0, 0.1) is 0 Å². The molecular weight excluding hydrogens is 242 g/mol. The Morgan fingerprint density at radius 3 is 2.61 bits per heavy atom. The van der Waals surface area contributed by atoms with E-state index in [9.17, 15) is 4.79 Å². The Labute approximate surface area is 111 Å². The van der Waals surface area contributed by atoms with Crippen molar-refractivity contribution in [2.75, 3.05) is 6.54 Å². The Hall–Kier alpha value is -0.613. The topological polar surface area (TPSA) is 29.5 Å². The standard InChI is InChI=1S/C14H25NO2Si/c1-14(2,3)18(4,5)17-12-10-11-8-6-7-9-15(11)13(12)16/h8,12H,6-7,9-10H2,1-5H3/t12-/m0/s1. The fourth-order valence-electron chi connectivity index (χ4n) is 2.29. The summed E-state index contributed by atoms with van der Waals surface area (Å²) in [6, 6.07) is 0. The summed E-state index contributed by atoms with van der Waals surface area (Å²) in [5.41, 5.74) is 1.19. The van der Waals surface area contributed by atoms with Crippen LogP contribution in [0.4, 0.5) is 0 Å². The van der Waals surface area contributed by atoms with E-state index in [1.807, 2.05) is 4.90 Å². The number of rotatable bonds is 2. The van der Waals surface area contributed by atoms with Gasteiger partial charge in [-0.05, 0) is 31.0 Å². The van der Waals surface area contributed by atoms with Crippen molar-refractivity contribution in [1.29, 1.82) is 0 Å². The molecule has 2 aliphatic rings. The fraction of sp³-hybridized carbons (Fsp3) is 0.786. The summed E-state index contributed by atoms with van der Waals surface area (Å²) in [6.45, 7) is 11.9. The lowest BCUT2D eigenvalue weighted by Gasteiger charge is -2.37. The molecule has 0 N–H and O–H groups in total. The van der Waals surface area contributed by atoms with Crippen LogP contribution in [0.1, 0.15) is 40.0 Å². The number of hydrogen-bond donors (Lipinski definition) is 0. The lowest BCUT2D eigenvalue weighted by Crippen LogP contribution is -2.46. The highest BCUT2D eigenvalue weighted by atomic mass is 28.4. The highest BCUT2D eigenvalue weighted by Crippen LogP contribution is 2.40. The summed E-state index contributed by atoms with van der Waals surface area (Å²) in [5, 5.41) is 0.157. The van der Waals surface area contributed by atoms with E-state index in [4.69, 9.17) is 4.43 Å². The Morgan fingerprint density at radius 2 is 2.06 bits per heavy atom. The molecule has 0 radical (unpaired) electrons. The number of fused-ring (bicyclic) bond motifs is 1. The molecule has 1 fully saturated rings. The van der Waals surface area contributed by atoms with Gasteiger partial charge in [0, 0.05) is 18.7 Å². The maximum absolute atomic E-state index is 12.3. The quantitative estimate of drug-likeness (QED) is 0.719. The normalized spacial score (nSPS) is 25.2. The first-order chi connectivity index (χ1) is 8.22. The van der Waals surface area contributed by atoms with Crippen molar-refractivity contribution < 1.29 is 9.22 Å². The summed E-state index contributed by atoms with van der Waals surface area (Å²) < 4.78 is 6.27. The van der Waals surface area contributed by atoms with E-state index in [0.717, 1.165) is 25.8 Å². The number of carbonyl (C=O) groups is 1. The van der Waals surface area contributed by atoms with E-state index in [1.54, 1.807) is 0 Å². The van der Waals surface area contributed by atoms with Gasteiger partial charge in [0.05, 0.1) is 0 Å². The van der Waals surface area contributed by atoms with Gasteiger partial charge in [-0.2, -0.15) is 0 Å². The highest BCUT2D eigenvalue weighted by molar-refractivity contribution is 6.74. The molecule has 1 atom stereocenters. The molecule has 2 aliphatic heterocycles. The molecule has 0 aromatic carbocycles. The minimum atomic E-state index is -1.85. The van der Waals surface area contributed by atoms with Crippen LogP contribution in [-0.4, -0.2) is 31.8 Å². The predicted molar refractivity (Wildman–Crippen MR) is 75.7 cm³/mol. The lowest BCUT2D eigenvalue weighted by atomic mass is 10.1. The lowest BCUT2D eigenvalue weighted by molar-refractivity contribution is -0.133. The third kappa shape index (κ3) is 2.41. The van der Waals surface area contributed by atoms with Crippen LogP contribution in [0.2, 0.25) is 18.1 Å². The molecule has 0 bridgehead atoms. The van der Waals surface area contributed by atoms with E-state index in [2.05, 4.69) is 39.9 Å². The SMILES string of the molecule is CC(C)(C)[Si](C)(C)O[C@H]1CC2=CCCCN2C1=O. The van der Waals surface area contributed by atoms with Crippen molar-refractivity contribution in [2.24, 2.45) is 0 Å². The van der Waals surface area contributed by atoms with Crippen molar-refractivity contribution in [3.8, 4) is 0 Å². The third-order valence-electron chi connectivity index (χ3n) is 4.49. The minimum Gasteiger partial charge on any atom is -0.404 e. The number of nitrogens with zero attached hydrogens (tertiary/aromatic N) is 1. The van der Waals surface area contributed by atoms with Crippen LogP contribution in [0.3, 0.4) is 0 Å². The second-order valence-corrected chi connectivity index (χ2v) is 11.7. The van der Waals surface area contributed by atoms with E-state index >= 15 is 0 Å². The molecule has 0 aliphatic carbocycles. The zero-order chi connectivity index (χ0) is 13.6. The second-order valence-electron chi connectivity index (χ2n) is 6.90. The van der Waals surface area contributed by atoms with Gasteiger partial charge in [-0.1, -0.05) is 26.8 Å². The van der Waals surface area contributed by atoms with Gasteiger partial charge in [0.1, 0.15) is 6.10 Å². The maximum Gasteiger partial charge on any atom is 0.254 e. The third-order valence-corrected chi connectivity index (χ3v) is 8.98. The largest absolute Gasteiger partial charge is 0.404 e. The first kappa shape index (κ1) is 13.8. The average molecular weight is 267 g/mol. The Bertz CT molecular complexity index is 382. The molecule has 102 valence electrons. The van der Waals surface area contributed by atoms with Crippen LogP contribution in [0.15, 0.2) is 11.8 Å². The molecule has 0 unspecified atom stereocenters. The molecule has 1 saturated heterocycles. The van der Waals surface area contributed by atoms with Gasteiger partial charge in [-0.15, -0.1) is 0 Å². The molecule has 4 heteroatoms. The second kappa shape index (κ2) is 4.49. The van der Waals surface area contributed by atoms with Crippen LogP contribution in [-0.2, 0) is 9.22 Å². The molecule has 0 saturated carbocycles. The van der Waals surface area contributed by atoms with Gasteiger partial charge in [0.25, 0.3) is 5.91 Å². The predicted octanol–water partition coefficient (Wildman–Crippen LogP) is 3.29. The van der Waals surface area contributed by atoms with Gasteiger partial charge < -0.3 is 9.33 Å². The van der Waals surface area contributed by atoms with Crippen molar-refractivity contribution in [1.82, 2.24) is 4.90 Å². The van der Waals surface area contributed by atoms with E-state index in [1.165, 1.54) is 5.70 Å². The number of amides is 1. The molecule has 0 spiro atoms. The van der Waals surface area contributed by atoms with Crippen LogP contribution in [0.5, 0.6) is 0 Å². The number of carbonyl (C=O) groups excluding carboxylic acids is 1. The number of hydrogen-bond acceptors (Lipinski definition) is 2. The van der Waals surface area contributed by atoms with Gasteiger partial charge in [0.15, 0.2) is 8.32 Å². The zero-order valence-electron chi connectivity index (χ0n) is 12.2. The molecule has 1 amide bonds. The first-order valence-corrected chi connectivity index (χ1v) is 9.81. The van der Waals surface area contributed by atoms with E-state index < -0.39 is 8.32 Å². The monoisotopic (exact) mass is 267 g/mol. The van der Waals surface area contributed by atoms with Gasteiger partial charge in [-0.3, -0.25) is 4.79 Å². The minimum absolute atomic E-state index is 0.157. The summed E-state index contributed by atoms with van der Waals surface area (Å²) in [6.07, 6.45) is 4.95. The number of allylic oxidation sites excluding steroid dienone is 1. The average Bonchev–Trinajstić information content (AvgIpc) is 2.54. The zero-order valence-corrected chi connectivity index (χ0v) is 13.2. The van der Waals surface area contributed by atoms with Crippen molar-refractivity contribution in [2.45, 2.75) is 64.3 Å². The Balaban J connectivity index is 2.11. The molecule has 0 aromatic heterocycles. The Morgan fingerprint density at radius 1 is 1.39 bits per heavy atom. The highest BCUT2D eigenvalue weighted by Gasteiger charge is 2.45. The van der Waals surface area contributed by atoms with Gasteiger partial charge >= 0.3 is 0 Å². The van der Waals surface area contributed by atoms with E-state index in [-0.39, 0.29) is 17.0 Å². The van der Waals surface area contributed by atoms with Crippen molar-refractivity contribution >= 4 is 14.2 Å². The van der Waals surface area contributed by atoms with Crippen LogP contribution < -0.4 is 0 Å². The van der Waals surface area contributed by atoms with Crippen LogP contribution >= 0.6 is 0 Å². The molecule has 2 rings (SSSR count). The van der Waals surface area contributed by atoms with E-state index in [0.29, 0.717) is 0 Å². The van der Waals surface area contributed by atoms with Crippen molar-refractivity contribution in [3.05, 3.63) is 11.8 Å².